The third-order valence-corrected chi connectivity index (χ3v) is 4.68. The smallest absolute Gasteiger partial charge is 0.240 e. The summed E-state index contributed by atoms with van der Waals surface area (Å²) in [4.78, 5) is 30.8. The van der Waals surface area contributed by atoms with E-state index in [-0.39, 0.29) is 18.5 Å². The summed E-state index contributed by atoms with van der Waals surface area (Å²) < 4.78 is 0. The molecule has 1 unspecified atom stereocenters. The van der Waals surface area contributed by atoms with Crippen molar-refractivity contribution in [2.24, 2.45) is 0 Å². The number of rotatable bonds is 6. The van der Waals surface area contributed by atoms with Crippen LogP contribution in [0.5, 0.6) is 0 Å². The zero-order chi connectivity index (χ0) is 17.8. The molecule has 0 spiro atoms. The molecule has 1 aromatic carbocycles. The molecule has 0 aliphatic heterocycles. The van der Waals surface area contributed by atoms with E-state index < -0.39 is 0 Å². The first kappa shape index (κ1) is 17.2. The molecule has 0 saturated heterocycles. The molecule has 1 atom stereocenters. The Kier molecular flexibility index (Phi) is 5.18. The molecule has 25 heavy (non-hydrogen) atoms. The van der Waals surface area contributed by atoms with Crippen LogP contribution < -0.4 is 10.2 Å². The Morgan fingerprint density at radius 2 is 2.04 bits per heavy atom. The lowest BCUT2D eigenvalue weighted by Crippen LogP contribution is -2.36. The number of hydrogen-bond donors (Lipinski definition) is 2. The van der Waals surface area contributed by atoms with Crippen molar-refractivity contribution in [3.05, 3.63) is 42.5 Å². The number of nitrogens with one attached hydrogen (secondary N) is 2. The monoisotopic (exact) mass is 356 g/mol. The Bertz CT molecular complexity index is 863. The van der Waals surface area contributed by atoms with Gasteiger partial charge in [0.05, 0.1) is 18.9 Å². The lowest BCUT2D eigenvalue weighted by atomic mass is 10.1. The van der Waals surface area contributed by atoms with Crippen LogP contribution in [0.3, 0.4) is 0 Å². The first-order valence-electron chi connectivity index (χ1n) is 7.87. The molecule has 0 saturated carbocycles. The zero-order valence-electron chi connectivity index (χ0n) is 14.4. The van der Waals surface area contributed by atoms with Crippen molar-refractivity contribution in [1.82, 2.24) is 25.3 Å². The van der Waals surface area contributed by atoms with Crippen molar-refractivity contribution < 1.29 is 4.79 Å². The quantitative estimate of drug-likeness (QED) is 0.660. The van der Waals surface area contributed by atoms with E-state index >= 15 is 0 Å². The predicted molar refractivity (Wildman–Crippen MR) is 99.7 cm³/mol. The van der Waals surface area contributed by atoms with Gasteiger partial charge in [-0.25, -0.2) is 15.0 Å². The number of likely N-dealkylation sites (N-methyl/N-ethyl adjacent to an activating group) is 1. The van der Waals surface area contributed by atoms with Crippen LogP contribution in [-0.2, 0) is 4.79 Å². The minimum absolute atomic E-state index is 0.0608. The fraction of sp³-hybridized carbons (Fsp3) is 0.294. The van der Waals surface area contributed by atoms with E-state index in [1.807, 2.05) is 32.4 Å². The summed E-state index contributed by atoms with van der Waals surface area (Å²) in [7, 11) is 1.82. The Morgan fingerprint density at radius 3 is 2.76 bits per heavy atom. The van der Waals surface area contributed by atoms with Crippen LogP contribution in [0.1, 0.15) is 18.5 Å². The van der Waals surface area contributed by atoms with Gasteiger partial charge in [-0.1, -0.05) is 12.1 Å². The van der Waals surface area contributed by atoms with E-state index in [2.05, 4.69) is 37.4 Å². The number of carbonyl (C=O) groups excluding carboxylic acids is 1. The van der Waals surface area contributed by atoms with Crippen LogP contribution >= 0.6 is 11.8 Å². The first-order chi connectivity index (χ1) is 12.1. The number of H-pyrrole nitrogens is 1. The van der Waals surface area contributed by atoms with E-state index in [1.54, 1.807) is 23.0 Å². The van der Waals surface area contributed by atoms with Crippen LogP contribution in [0.4, 0.5) is 5.82 Å². The Morgan fingerprint density at radius 1 is 1.28 bits per heavy atom. The van der Waals surface area contributed by atoms with Gasteiger partial charge in [0.25, 0.3) is 0 Å². The molecule has 8 heteroatoms. The lowest BCUT2D eigenvalue weighted by Gasteiger charge is -2.20. The fourth-order valence-corrected chi connectivity index (χ4v) is 3.00. The molecular weight excluding hydrogens is 336 g/mol. The molecule has 2 N–H and O–H groups in total. The topological polar surface area (TPSA) is 86.8 Å². The maximum Gasteiger partial charge on any atom is 0.240 e. The van der Waals surface area contributed by atoms with Crippen LogP contribution in [0, 0.1) is 0 Å². The minimum Gasteiger partial charge on any atom is -0.348 e. The van der Waals surface area contributed by atoms with Crippen molar-refractivity contribution in [3.8, 4) is 0 Å². The van der Waals surface area contributed by atoms with Gasteiger partial charge < -0.3 is 15.2 Å². The number of aromatic nitrogens is 4. The van der Waals surface area contributed by atoms with Crippen LogP contribution in [0.15, 0.2) is 41.8 Å². The Labute approximate surface area is 150 Å². The number of carbonyl (C=O) groups is 1. The number of benzene rings is 1. The zero-order valence-corrected chi connectivity index (χ0v) is 15.2. The summed E-state index contributed by atoms with van der Waals surface area (Å²) in [6.45, 7) is 2.17. The number of amides is 1. The maximum absolute atomic E-state index is 12.4. The molecule has 0 aliphatic rings. The van der Waals surface area contributed by atoms with E-state index in [0.29, 0.717) is 11.5 Å². The van der Waals surface area contributed by atoms with E-state index in [1.165, 1.54) is 11.2 Å². The molecule has 0 radical (unpaired) electrons. The second-order valence-electron chi connectivity index (χ2n) is 5.72. The van der Waals surface area contributed by atoms with Gasteiger partial charge in [-0.15, -0.1) is 11.8 Å². The summed E-state index contributed by atoms with van der Waals surface area (Å²) in [5.74, 6) is 0.574. The number of aromatic amines is 1. The Balaban J connectivity index is 1.64. The fourth-order valence-electron chi connectivity index (χ4n) is 2.60. The molecule has 3 aromatic rings. The van der Waals surface area contributed by atoms with Gasteiger partial charge in [-0.2, -0.15) is 0 Å². The minimum atomic E-state index is -0.0739. The number of thioether (sulfide) groups is 1. The van der Waals surface area contributed by atoms with Crippen molar-refractivity contribution >= 4 is 34.7 Å². The highest BCUT2D eigenvalue weighted by Gasteiger charge is 2.15. The van der Waals surface area contributed by atoms with E-state index in [9.17, 15) is 4.79 Å². The first-order valence-corrected chi connectivity index (χ1v) is 9.09. The van der Waals surface area contributed by atoms with Gasteiger partial charge in [0.1, 0.15) is 11.8 Å². The second kappa shape index (κ2) is 7.52. The standard InChI is InChI=1S/C17H20N6OS/c1-11(12-4-6-13(25-3)7-5-12)22-14(24)8-23(2)17-15-16(19-9-18-15)20-10-21-17/h4-7,9-11H,8H2,1-3H3,(H,22,24)(H,18,19,20,21). The predicted octanol–water partition coefficient (Wildman–Crippen LogP) is 2.39. The SMILES string of the molecule is CSc1ccc(C(C)NC(=O)CN(C)c2ncnc3nc[nH]c23)cc1. The molecule has 0 bridgehead atoms. The summed E-state index contributed by atoms with van der Waals surface area (Å²) in [5.41, 5.74) is 2.38. The van der Waals surface area contributed by atoms with Crippen LogP contribution in [-0.4, -0.2) is 45.7 Å². The maximum atomic E-state index is 12.4. The van der Waals surface area contributed by atoms with E-state index in [0.717, 1.165) is 11.1 Å². The highest BCUT2D eigenvalue weighted by atomic mass is 32.2. The Hall–Kier alpha value is -2.61. The summed E-state index contributed by atoms with van der Waals surface area (Å²) in [6.07, 6.45) is 5.06. The number of hydrogen-bond acceptors (Lipinski definition) is 6. The molecule has 0 fully saturated rings. The van der Waals surface area contributed by atoms with Crippen molar-refractivity contribution in [1.29, 1.82) is 0 Å². The van der Waals surface area contributed by atoms with Crippen molar-refractivity contribution in [2.45, 2.75) is 17.9 Å². The number of nitrogens with zero attached hydrogens (tertiary/aromatic N) is 4. The second-order valence-corrected chi connectivity index (χ2v) is 6.60. The lowest BCUT2D eigenvalue weighted by molar-refractivity contribution is -0.120. The van der Waals surface area contributed by atoms with E-state index in [4.69, 9.17) is 0 Å². The third kappa shape index (κ3) is 3.90. The van der Waals surface area contributed by atoms with Crippen LogP contribution in [0.25, 0.3) is 11.2 Å². The van der Waals surface area contributed by atoms with Crippen molar-refractivity contribution in [3.63, 3.8) is 0 Å². The molecule has 0 aliphatic carbocycles. The van der Waals surface area contributed by atoms with Gasteiger partial charge in [0, 0.05) is 11.9 Å². The van der Waals surface area contributed by atoms with Gasteiger partial charge in [0.2, 0.25) is 5.91 Å². The summed E-state index contributed by atoms with van der Waals surface area (Å²) >= 11 is 1.70. The molecule has 3 rings (SSSR count). The molecule has 2 heterocycles. The highest BCUT2D eigenvalue weighted by molar-refractivity contribution is 7.98. The molecular formula is C17H20N6OS. The van der Waals surface area contributed by atoms with Gasteiger partial charge in [0.15, 0.2) is 11.5 Å². The largest absolute Gasteiger partial charge is 0.348 e. The van der Waals surface area contributed by atoms with Gasteiger partial charge in [-0.3, -0.25) is 4.79 Å². The molecule has 1 amide bonds. The normalized spacial score (nSPS) is 12.1. The van der Waals surface area contributed by atoms with Gasteiger partial charge >= 0.3 is 0 Å². The van der Waals surface area contributed by atoms with Crippen molar-refractivity contribution in [2.75, 3.05) is 24.7 Å². The molecule has 2 aromatic heterocycles. The molecule has 7 nitrogen and oxygen atoms in total. The number of anilines is 1. The summed E-state index contributed by atoms with van der Waals surface area (Å²) in [6, 6.07) is 8.14. The number of fused-ring (bicyclic) bond motifs is 1. The average Bonchev–Trinajstić information content (AvgIpc) is 3.10. The van der Waals surface area contributed by atoms with Gasteiger partial charge in [-0.05, 0) is 30.9 Å². The average molecular weight is 356 g/mol. The van der Waals surface area contributed by atoms with Crippen LogP contribution in [0.2, 0.25) is 0 Å². The third-order valence-electron chi connectivity index (χ3n) is 3.94. The summed E-state index contributed by atoms with van der Waals surface area (Å²) in [5, 5.41) is 3.02. The highest BCUT2D eigenvalue weighted by Crippen LogP contribution is 2.20. The number of imidazole rings is 1. The molecule has 130 valence electrons.